The molecule has 0 radical (unpaired) electrons. The molecule has 148 valence electrons. The van der Waals surface area contributed by atoms with E-state index in [9.17, 15) is 9.50 Å². The molecule has 0 spiro atoms. The quantitative estimate of drug-likeness (QED) is 0.287. The van der Waals surface area contributed by atoms with E-state index in [-0.39, 0.29) is 47.9 Å². The topological polar surface area (TPSA) is 75.1 Å². The molecule has 26 heavy (non-hydrogen) atoms. The van der Waals surface area contributed by atoms with Crippen LogP contribution in [0.1, 0.15) is 20.3 Å². The third-order valence-corrected chi connectivity index (χ3v) is 4.12. The molecular weight excluding hydrogens is 452 g/mol. The lowest BCUT2D eigenvalue weighted by atomic mass is 9.87. The summed E-state index contributed by atoms with van der Waals surface area (Å²) in [4.78, 5) is 4.54. The highest BCUT2D eigenvalue weighted by Crippen LogP contribution is 2.26. The van der Waals surface area contributed by atoms with Crippen molar-refractivity contribution in [2.75, 3.05) is 39.5 Å². The molecule has 1 aliphatic heterocycles. The van der Waals surface area contributed by atoms with Crippen LogP contribution in [0.2, 0.25) is 0 Å². The second-order valence-corrected chi connectivity index (χ2v) is 6.33. The van der Waals surface area contributed by atoms with Crippen LogP contribution in [-0.2, 0) is 4.74 Å². The molecule has 1 aliphatic rings. The normalized spacial score (nSPS) is 16.8. The minimum atomic E-state index is -0.313. The third-order valence-electron chi connectivity index (χ3n) is 4.12. The molecule has 1 atom stereocenters. The molecular formula is C18H29FIN3O3. The van der Waals surface area contributed by atoms with Gasteiger partial charge in [-0.15, -0.1) is 24.0 Å². The van der Waals surface area contributed by atoms with Crippen molar-refractivity contribution in [3.05, 3.63) is 30.1 Å². The van der Waals surface area contributed by atoms with E-state index in [0.717, 1.165) is 13.0 Å². The zero-order valence-electron chi connectivity index (χ0n) is 15.3. The molecule has 3 N–H and O–H groups in total. The molecule has 0 aromatic heterocycles. The van der Waals surface area contributed by atoms with E-state index in [1.54, 1.807) is 12.1 Å². The minimum absolute atomic E-state index is 0. The number of rotatable bonds is 9. The number of aliphatic hydroxyl groups excluding tert-OH is 1. The highest BCUT2D eigenvalue weighted by molar-refractivity contribution is 14.0. The van der Waals surface area contributed by atoms with Gasteiger partial charge in [-0.3, -0.25) is 4.99 Å². The Morgan fingerprint density at radius 2 is 2.15 bits per heavy atom. The number of benzene rings is 1. The van der Waals surface area contributed by atoms with Crippen LogP contribution in [0.4, 0.5) is 4.39 Å². The number of hydrogen-bond donors (Lipinski definition) is 3. The van der Waals surface area contributed by atoms with E-state index in [2.05, 4.69) is 15.6 Å². The Morgan fingerprint density at radius 1 is 1.38 bits per heavy atom. The first-order valence-electron chi connectivity index (χ1n) is 8.74. The fraction of sp³-hybridized carbons (Fsp3) is 0.611. The first kappa shape index (κ1) is 22.9. The molecule has 1 aromatic rings. The maximum atomic E-state index is 13.3. The fourth-order valence-corrected chi connectivity index (χ4v) is 2.42. The molecule has 1 aromatic carbocycles. The molecule has 1 heterocycles. The van der Waals surface area contributed by atoms with E-state index >= 15 is 0 Å². The lowest BCUT2D eigenvalue weighted by Gasteiger charge is -2.38. The van der Waals surface area contributed by atoms with Gasteiger partial charge in [0.25, 0.3) is 0 Å². The van der Waals surface area contributed by atoms with Crippen molar-refractivity contribution in [2.45, 2.75) is 26.4 Å². The van der Waals surface area contributed by atoms with Crippen molar-refractivity contribution in [3.8, 4) is 5.75 Å². The molecule has 6 nitrogen and oxygen atoms in total. The number of nitrogens with zero attached hydrogens (tertiary/aromatic N) is 1. The van der Waals surface area contributed by atoms with Gasteiger partial charge in [-0.1, -0.05) is 13.0 Å². The molecule has 0 aliphatic carbocycles. The monoisotopic (exact) mass is 481 g/mol. The van der Waals surface area contributed by atoms with Crippen molar-refractivity contribution in [2.24, 2.45) is 10.4 Å². The summed E-state index contributed by atoms with van der Waals surface area (Å²) in [5.74, 6) is 0.872. The molecule has 2 rings (SSSR count). The van der Waals surface area contributed by atoms with Crippen LogP contribution in [0.5, 0.6) is 5.75 Å². The van der Waals surface area contributed by atoms with Gasteiger partial charge in [0, 0.05) is 12.6 Å². The Morgan fingerprint density at radius 3 is 2.69 bits per heavy atom. The summed E-state index contributed by atoms with van der Waals surface area (Å²) in [5.41, 5.74) is -0.259. The van der Waals surface area contributed by atoms with Crippen LogP contribution in [-0.4, -0.2) is 56.6 Å². The van der Waals surface area contributed by atoms with Crippen LogP contribution < -0.4 is 15.4 Å². The molecule has 8 heteroatoms. The Labute approximate surface area is 171 Å². The van der Waals surface area contributed by atoms with Crippen LogP contribution >= 0.6 is 24.0 Å². The molecule has 1 fully saturated rings. The van der Waals surface area contributed by atoms with Gasteiger partial charge in [-0.05, 0) is 25.5 Å². The zero-order chi connectivity index (χ0) is 18.1. The minimum Gasteiger partial charge on any atom is -0.489 e. The molecule has 1 unspecified atom stereocenters. The van der Waals surface area contributed by atoms with Gasteiger partial charge in [0.1, 0.15) is 17.7 Å². The summed E-state index contributed by atoms with van der Waals surface area (Å²) < 4.78 is 24.3. The predicted molar refractivity (Wildman–Crippen MR) is 111 cm³/mol. The third kappa shape index (κ3) is 6.88. The summed E-state index contributed by atoms with van der Waals surface area (Å²) in [7, 11) is 0. The number of hydrogen-bond acceptors (Lipinski definition) is 4. The lowest BCUT2D eigenvalue weighted by Crippen LogP contribution is -2.49. The van der Waals surface area contributed by atoms with Gasteiger partial charge in [-0.2, -0.15) is 0 Å². The largest absolute Gasteiger partial charge is 0.489 e. The van der Waals surface area contributed by atoms with Crippen molar-refractivity contribution >= 4 is 29.9 Å². The van der Waals surface area contributed by atoms with Gasteiger partial charge in [0.05, 0.1) is 38.3 Å². The van der Waals surface area contributed by atoms with Crippen molar-refractivity contribution in [3.63, 3.8) is 0 Å². The molecule has 0 bridgehead atoms. The van der Waals surface area contributed by atoms with Gasteiger partial charge < -0.3 is 25.2 Å². The Bertz CT molecular complexity index is 565. The summed E-state index contributed by atoms with van der Waals surface area (Å²) in [6, 6.07) is 6.14. The first-order chi connectivity index (χ1) is 12.1. The second kappa shape index (κ2) is 11.6. The number of aliphatic hydroxyl groups is 1. The number of ether oxygens (including phenoxy) is 2. The van der Waals surface area contributed by atoms with E-state index in [1.807, 2.05) is 13.8 Å². The molecule has 0 amide bonds. The average Bonchev–Trinajstić information content (AvgIpc) is 2.57. The van der Waals surface area contributed by atoms with Crippen molar-refractivity contribution < 1.29 is 19.0 Å². The summed E-state index contributed by atoms with van der Waals surface area (Å²) in [6.07, 6.45) is 0.668. The number of nitrogens with one attached hydrogen (secondary N) is 2. The number of aliphatic imine (C=N–C) groups is 1. The highest BCUT2D eigenvalue weighted by atomic mass is 127. The van der Waals surface area contributed by atoms with Crippen LogP contribution in [0, 0.1) is 11.2 Å². The number of halogens is 2. The summed E-state index contributed by atoms with van der Waals surface area (Å²) >= 11 is 0. The maximum Gasteiger partial charge on any atom is 0.191 e. The lowest BCUT2D eigenvalue weighted by molar-refractivity contribution is -0.130. The maximum absolute atomic E-state index is 13.3. The predicted octanol–water partition coefficient (Wildman–Crippen LogP) is 2.17. The fourth-order valence-electron chi connectivity index (χ4n) is 2.42. The number of guanidine groups is 1. The Hall–Kier alpha value is -1.13. The van der Waals surface area contributed by atoms with Crippen LogP contribution in [0.3, 0.4) is 0 Å². The standard InChI is InChI=1S/C18H28FN3O3.HI/c1-3-15(25-16-7-5-6-14(19)8-16)9-21-17(20-4-2)22-10-18(11-23)12-24-13-18;/h5-8,15,23H,3-4,9-13H2,1-2H3,(H2,20,21,22);1H. The van der Waals surface area contributed by atoms with E-state index < -0.39 is 0 Å². The first-order valence-corrected chi connectivity index (χ1v) is 8.74. The van der Waals surface area contributed by atoms with Gasteiger partial charge in [-0.25, -0.2) is 4.39 Å². The molecule has 0 saturated carbocycles. The van der Waals surface area contributed by atoms with Crippen molar-refractivity contribution in [1.82, 2.24) is 10.6 Å². The SMILES string of the molecule is CCNC(=NCC1(CO)COC1)NCC(CC)Oc1cccc(F)c1.I. The van der Waals surface area contributed by atoms with E-state index in [1.165, 1.54) is 12.1 Å². The van der Waals surface area contributed by atoms with Gasteiger partial charge >= 0.3 is 0 Å². The smallest absolute Gasteiger partial charge is 0.191 e. The average molecular weight is 481 g/mol. The zero-order valence-corrected chi connectivity index (χ0v) is 17.7. The Kier molecular flexibility index (Phi) is 10.2. The van der Waals surface area contributed by atoms with E-state index in [4.69, 9.17) is 9.47 Å². The summed E-state index contributed by atoms with van der Waals surface area (Å²) in [5, 5.41) is 15.9. The highest BCUT2D eigenvalue weighted by Gasteiger charge is 2.38. The molecule has 1 saturated heterocycles. The van der Waals surface area contributed by atoms with Gasteiger partial charge in [0.2, 0.25) is 0 Å². The van der Waals surface area contributed by atoms with Crippen LogP contribution in [0.15, 0.2) is 29.3 Å². The summed E-state index contributed by atoms with van der Waals surface area (Å²) in [6.45, 7) is 6.92. The van der Waals surface area contributed by atoms with Crippen LogP contribution in [0.25, 0.3) is 0 Å². The Balaban J connectivity index is 0.00000338. The van der Waals surface area contributed by atoms with E-state index in [0.29, 0.717) is 38.0 Å². The second-order valence-electron chi connectivity index (χ2n) is 6.33. The van der Waals surface area contributed by atoms with Gasteiger partial charge in [0.15, 0.2) is 5.96 Å². The van der Waals surface area contributed by atoms with Crippen molar-refractivity contribution in [1.29, 1.82) is 0 Å².